The second-order valence-electron chi connectivity index (χ2n) is 6.47. The quantitative estimate of drug-likeness (QED) is 0.550. The first-order chi connectivity index (χ1) is 12.1. The van der Waals surface area contributed by atoms with E-state index in [0.29, 0.717) is 24.6 Å². The van der Waals surface area contributed by atoms with E-state index in [1.54, 1.807) is 7.11 Å². The number of benzene rings is 1. The predicted octanol–water partition coefficient (Wildman–Crippen LogP) is 2.85. The van der Waals surface area contributed by atoms with Gasteiger partial charge in [0, 0.05) is 24.6 Å². The molecule has 25 heavy (non-hydrogen) atoms. The number of hydrogen-bond acceptors (Lipinski definition) is 4. The fourth-order valence-electron chi connectivity index (χ4n) is 3.04. The minimum atomic E-state index is -0.0573. The highest BCUT2D eigenvalue weighted by atomic mass is 32.2. The molecule has 0 bridgehead atoms. The van der Waals surface area contributed by atoms with Crippen molar-refractivity contribution in [3.63, 3.8) is 0 Å². The molecule has 1 aromatic rings. The number of rotatable bonds is 8. The fraction of sp³-hybridized carbons (Fsp3) is 0.579. The number of carbonyl (C=O) groups excluding carboxylic acids is 2. The van der Waals surface area contributed by atoms with Gasteiger partial charge in [-0.25, -0.2) is 0 Å². The number of nitrogens with one attached hydrogen (secondary N) is 2. The maximum Gasteiger partial charge on any atom is 0.252 e. The fourth-order valence-corrected chi connectivity index (χ4v) is 3.92. The molecule has 6 heteroatoms. The highest BCUT2D eigenvalue weighted by molar-refractivity contribution is 8.00. The first kappa shape index (κ1) is 19.8. The Bertz CT molecular complexity index is 580. The molecule has 1 fully saturated rings. The van der Waals surface area contributed by atoms with Crippen molar-refractivity contribution in [1.82, 2.24) is 10.6 Å². The Morgan fingerprint density at radius 2 is 2.00 bits per heavy atom. The molecule has 2 unspecified atom stereocenters. The van der Waals surface area contributed by atoms with Crippen molar-refractivity contribution in [2.24, 2.45) is 5.92 Å². The first-order valence-electron chi connectivity index (χ1n) is 8.90. The Labute approximate surface area is 154 Å². The smallest absolute Gasteiger partial charge is 0.252 e. The van der Waals surface area contributed by atoms with E-state index in [9.17, 15) is 9.59 Å². The Balaban J connectivity index is 1.92. The molecule has 0 spiro atoms. The third-order valence-corrected chi connectivity index (χ3v) is 5.62. The van der Waals surface area contributed by atoms with Crippen LogP contribution in [0.1, 0.15) is 43.0 Å². The summed E-state index contributed by atoms with van der Waals surface area (Å²) in [6, 6.07) is 7.73. The van der Waals surface area contributed by atoms with Gasteiger partial charge in [0.15, 0.2) is 0 Å². The van der Waals surface area contributed by atoms with Gasteiger partial charge in [0.05, 0.1) is 17.9 Å². The van der Waals surface area contributed by atoms with Crippen LogP contribution in [0.2, 0.25) is 0 Å². The van der Waals surface area contributed by atoms with Crippen molar-refractivity contribution in [3.05, 3.63) is 29.8 Å². The Hall–Kier alpha value is -1.53. The van der Waals surface area contributed by atoms with E-state index >= 15 is 0 Å². The molecule has 2 N–H and O–H groups in total. The maximum atomic E-state index is 12.7. The standard InChI is InChI=1S/C19H28N2O3S/c1-14-7-3-5-9-16(14)21-19(23)15-8-4-6-10-17(15)25-13-18(22)20-11-12-24-2/h4,6,8,10,14,16H,3,5,7,9,11-13H2,1-2H3,(H,20,22)(H,21,23). The Kier molecular flexibility index (Phi) is 8.28. The summed E-state index contributed by atoms with van der Waals surface area (Å²) in [6.07, 6.45) is 4.64. The largest absolute Gasteiger partial charge is 0.383 e. The summed E-state index contributed by atoms with van der Waals surface area (Å²) in [6.45, 7) is 3.20. The van der Waals surface area contributed by atoms with Gasteiger partial charge in [-0.3, -0.25) is 9.59 Å². The van der Waals surface area contributed by atoms with Crippen LogP contribution in [0, 0.1) is 5.92 Å². The lowest BCUT2D eigenvalue weighted by atomic mass is 9.86. The summed E-state index contributed by atoms with van der Waals surface area (Å²) in [7, 11) is 1.60. The molecule has 1 aliphatic rings. The molecule has 0 aromatic heterocycles. The van der Waals surface area contributed by atoms with Crippen LogP contribution < -0.4 is 10.6 Å². The van der Waals surface area contributed by atoms with Crippen LogP contribution >= 0.6 is 11.8 Å². The number of methoxy groups -OCH3 is 1. The Morgan fingerprint density at radius 3 is 2.76 bits per heavy atom. The van der Waals surface area contributed by atoms with Crippen LogP contribution in [-0.2, 0) is 9.53 Å². The van der Waals surface area contributed by atoms with Gasteiger partial charge in [0.25, 0.3) is 5.91 Å². The summed E-state index contributed by atoms with van der Waals surface area (Å²) in [5.41, 5.74) is 0.648. The molecule has 0 aliphatic heterocycles. The van der Waals surface area contributed by atoms with Gasteiger partial charge in [0.2, 0.25) is 5.91 Å². The Morgan fingerprint density at radius 1 is 1.24 bits per heavy atom. The van der Waals surface area contributed by atoms with E-state index in [1.165, 1.54) is 31.0 Å². The molecule has 0 saturated heterocycles. The normalized spacial score (nSPS) is 20.1. The van der Waals surface area contributed by atoms with Crippen molar-refractivity contribution in [2.75, 3.05) is 26.0 Å². The van der Waals surface area contributed by atoms with Gasteiger partial charge in [-0.15, -0.1) is 11.8 Å². The maximum absolute atomic E-state index is 12.7. The second kappa shape index (κ2) is 10.5. The zero-order valence-corrected chi connectivity index (χ0v) is 15.9. The van der Waals surface area contributed by atoms with E-state index in [2.05, 4.69) is 17.6 Å². The van der Waals surface area contributed by atoms with Crippen LogP contribution in [-0.4, -0.2) is 43.9 Å². The van der Waals surface area contributed by atoms with E-state index in [4.69, 9.17) is 4.74 Å². The van der Waals surface area contributed by atoms with Gasteiger partial charge in [-0.2, -0.15) is 0 Å². The van der Waals surface area contributed by atoms with Crippen molar-refractivity contribution < 1.29 is 14.3 Å². The molecule has 2 amide bonds. The minimum Gasteiger partial charge on any atom is -0.383 e. The number of amides is 2. The van der Waals surface area contributed by atoms with Gasteiger partial charge >= 0.3 is 0 Å². The molecule has 138 valence electrons. The lowest BCUT2D eigenvalue weighted by Crippen LogP contribution is -2.41. The number of ether oxygens (including phenoxy) is 1. The number of carbonyl (C=O) groups is 2. The first-order valence-corrected chi connectivity index (χ1v) is 9.88. The molecule has 1 aromatic carbocycles. The van der Waals surface area contributed by atoms with E-state index < -0.39 is 0 Å². The predicted molar refractivity (Wildman–Crippen MR) is 101 cm³/mol. The van der Waals surface area contributed by atoms with Gasteiger partial charge in [0.1, 0.15) is 0 Å². The monoisotopic (exact) mass is 364 g/mol. The van der Waals surface area contributed by atoms with Gasteiger partial charge in [-0.1, -0.05) is 31.9 Å². The molecule has 2 rings (SSSR count). The average Bonchev–Trinajstić information content (AvgIpc) is 2.62. The number of thioether (sulfide) groups is 1. The topological polar surface area (TPSA) is 67.4 Å². The van der Waals surface area contributed by atoms with Gasteiger partial charge in [-0.05, 0) is 30.9 Å². The van der Waals surface area contributed by atoms with Crippen LogP contribution in [0.3, 0.4) is 0 Å². The van der Waals surface area contributed by atoms with Crippen molar-refractivity contribution in [3.8, 4) is 0 Å². The van der Waals surface area contributed by atoms with E-state index in [1.807, 2.05) is 24.3 Å². The lowest BCUT2D eigenvalue weighted by molar-refractivity contribution is -0.118. The highest BCUT2D eigenvalue weighted by Gasteiger charge is 2.24. The molecular formula is C19H28N2O3S. The zero-order valence-electron chi connectivity index (χ0n) is 15.0. The zero-order chi connectivity index (χ0) is 18.1. The summed E-state index contributed by atoms with van der Waals surface area (Å²) in [5.74, 6) is 0.706. The van der Waals surface area contributed by atoms with Gasteiger partial charge < -0.3 is 15.4 Å². The molecule has 5 nitrogen and oxygen atoms in total. The summed E-state index contributed by atoms with van der Waals surface area (Å²) < 4.78 is 4.91. The van der Waals surface area contributed by atoms with Crippen molar-refractivity contribution >= 4 is 23.6 Å². The summed E-state index contributed by atoms with van der Waals surface area (Å²) >= 11 is 1.39. The lowest BCUT2D eigenvalue weighted by Gasteiger charge is -2.29. The van der Waals surface area contributed by atoms with Crippen LogP contribution in [0.15, 0.2) is 29.2 Å². The van der Waals surface area contributed by atoms with Crippen LogP contribution in [0.5, 0.6) is 0 Å². The van der Waals surface area contributed by atoms with Crippen LogP contribution in [0.25, 0.3) is 0 Å². The van der Waals surface area contributed by atoms with E-state index in [0.717, 1.165) is 11.3 Å². The molecule has 2 atom stereocenters. The molecule has 0 heterocycles. The average molecular weight is 365 g/mol. The summed E-state index contributed by atoms with van der Waals surface area (Å²) in [4.78, 5) is 25.4. The molecule has 1 saturated carbocycles. The second-order valence-corrected chi connectivity index (χ2v) is 7.49. The highest BCUT2D eigenvalue weighted by Crippen LogP contribution is 2.26. The third kappa shape index (κ3) is 6.36. The third-order valence-electron chi connectivity index (χ3n) is 4.55. The SMILES string of the molecule is COCCNC(=O)CSc1ccccc1C(=O)NC1CCCCC1C. The summed E-state index contributed by atoms with van der Waals surface area (Å²) in [5, 5.41) is 5.97. The number of hydrogen-bond donors (Lipinski definition) is 2. The minimum absolute atomic E-state index is 0.0401. The van der Waals surface area contributed by atoms with Crippen molar-refractivity contribution in [1.29, 1.82) is 0 Å². The van der Waals surface area contributed by atoms with Crippen molar-refractivity contribution in [2.45, 2.75) is 43.5 Å². The molecular weight excluding hydrogens is 336 g/mol. The molecule has 0 radical (unpaired) electrons. The van der Waals surface area contributed by atoms with E-state index in [-0.39, 0.29) is 23.6 Å². The van der Waals surface area contributed by atoms with Crippen LogP contribution in [0.4, 0.5) is 0 Å². The molecule has 1 aliphatic carbocycles.